The number of halogens is 1. The SMILES string of the molecule is CCOc1c(Br)cc(C(=O)NCc2ccc(S(=O)(=O)NC)cc2)cc1OC. The molecular formula is C18H21BrN2O5S. The molecule has 9 heteroatoms. The lowest BCUT2D eigenvalue weighted by molar-refractivity contribution is 0.0950. The standard InChI is InChI=1S/C18H21BrN2O5S/c1-4-26-17-15(19)9-13(10-16(17)25-3)18(22)21-11-12-5-7-14(8-6-12)27(23,24)20-2/h5-10,20H,4,11H2,1-3H3,(H,21,22). The van der Waals surface area contributed by atoms with Crippen LogP contribution in [0.2, 0.25) is 0 Å². The van der Waals surface area contributed by atoms with E-state index in [1.165, 1.54) is 26.3 Å². The molecule has 0 fully saturated rings. The first kappa shape index (κ1) is 21.2. The second-order valence-electron chi connectivity index (χ2n) is 5.46. The maximum Gasteiger partial charge on any atom is 0.251 e. The average molecular weight is 457 g/mol. The van der Waals surface area contributed by atoms with Crippen molar-refractivity contribution in [1.29, 1.82) is 0 Å². The van der Waals surface area contributed by atoms with Gasteiger partial charge in [-0.3, -0.25) is 4.79 Å². The van der Waals surface area contributed by atoms with Gasteiger partial charge in [0.25, 0.3) is 5.91 Å². The van der Waals surface area contributed by atoms with Crippen LogP contribution in [0, 0.1) is 0 Å². The molecule has 2 N–H and O–H groups in total. The fourth-order valence-corrected chi connectivity index (χ4v) is 3.61. The van der Waals surface area contributed by atoms with Crippen molar-refractivity contribution in [1.82, 2.24) is 10.0 Å². The number of nitrogens with one attached hydrogen (secondary N) is 2. The molecule has 2 rings (SSSR count). The Morgan fingerprint density at radius 1 is 1.19 bits per heavy atom. The third-order valence-corrected chi connectivity index (χ3v) is 5.76. The molecular weight excluding hydrogens is 436 g/mol. The van der Waals surface area contributed by atoms with Crippen molar-refractivity contribution in [3.05, 3.63) is 52.0 Å². The quantitative estimate of drug-likeness (QED) is 0.636. The first-order chi connectivity index (χ1) is 12.8. The van der Waals surface area contributed by atoms with Crippen molar-refractivity contribution in [3.63, 3.8) is 0 Å². The summed E-state index contributed by atoms with van der Waals surface area (Å²) >= 11 is 3.39. The van der Waals surface area contributed by atoms with Gasteiger partial charge in [-0.2, -0.15) is 0 Å². The molecule has 0 aliphatic heterocycles. The third kappa shape index (κ3) is 5.21. The topological polar surface area (TPSA) is 93.7 Å². The van der Waals surface area contributed by atoms with Gasteiger partial charge in [-0.15, -0.1) is 0 Å². The highest BCUT2D eigenvalue weighted by Crippen LogP contribution is 2.36. The largest absolute Gasteiger partial charge is 0.493 e. The summed E-state index contributed by atoms with van der Waals surface area (Å²) in [6.45, 7) is 2.59. The Labute approximate surface area is 167 Å². The number of methoxy groups -OCH3 is 1. The molecule has 146 valence electrons. The average Bonchev–Trinajstić information content (AvgIpc) is 2.67. The predicted molar refractivity (Wildman–Crippen MR) is 106 cm³/mol. The zero-order valence-electron chi connectivity index (χ0n) is 15.2. The molecule has 0 bridgehead atoms. The van der Waals surface area contributed by atoms with Crippen LogP contribution < -0.4 is 19.5 Å². The molecule has 0 aliphatic carbocycles. The van der Waals surface area contributed by atoms with Crippen LogP contribution in [0.4, 0.5) is 0 Å². The van der Waals surface area contributed by atoms with Crippen molar-refractivity contribution in [2.75, 3.05) is 20.8 Å². The smallest absolute Gasteiger partial charge is 0.251 e. The Hall–Kier alpha value is -2.10. The highest BCUT2D eigenvalue weighted by atomic mass is 79.9. The van der Waals surface area contributed by atoms with E-state index >= 15 is 0 Å². The molecule has 0 unspecified atom stereocenters. The zero-order chi connectivity index (χ0) is 20.0. The van der Waals surface area contributed by atoms with Crippen LogP contribution in [0.3, 0.4) is 0 Å². The minimum absolute atomic E-state index is 0.167. The van der Waals surface area contributed by atoms with E-state index in [1.807, 2.05) is 6.92 Å². The minimum atomic E-state index is -3.48. The van der Waals surface area contributed by atoms with Gasteiger partial charge in [-0.1, -0.05) is 12.1 Å². The Balaban J connectivity index is 2.11. The molecule has 0 radical (unpaired) electrons. The maximum absolute atomic E-state index is 12.4. The molecule has 7 nitrogen and oxygen atoms in total. The Morgan fingerprint density at radius 2 is 1.85 bits per heavy atom. The lowest BCUT2D eigenvalue weighted by Gasteiger charge is -2.13. The molecule has 0 aromatic heterocycles. The van der Waals surface area contributed by atoms with Gasteiger partial charge < -0.3 is 14.8 Å². The zero-order valence-corrected chi connectivity index (χ0v) is 17.6. The number of hydrogen-bond acceptors (Lipinski definition) is 5. The van der Waals surface area contributed by atoms with Crippen molar-refractivity contribution in [2.24, 2.45) is 0 Å². The van der Waals surface area contributed by atoms with E-state index in [4.69, 9.17) is 9.47 Å². The van der Waals surface area contributed by atoms with Gasteiger partial charge in [0.15, 0.2) is 11.5 Å². The van der Waals surface area contributed by atoms with Crippen LogP contribution in [-0.2, 0) is 16.6 Å². The predicted octanol–water partition coefficient (Wildman–Crippen LogP) is 2.69. The molecule has 2 aromatic rings. The maximum atomic E-state index is 12.4. The lowest BCUT2D eigenvalue weighted by atomic mass is 10.1. The third-order valence-electron chi connectivity index (χ3n) is 3.74. The Morgan fingerprint density at radius 3 is 2.41 bits per heavy atom. The first-order valence-electron chi connectivity index (χ1n) is 8.13. The fraction of sp³-hybridized carbons (Fsp3) is 0.278. The summed E-state index contributed by atoms with van der Waals surface area (Å²) < 4.78 is 37.1. The molecule has 0 aliphatic rings. The van der Waals surface area contributed by atoms with Gasteiger partial charge >= 0.3 is 0 Å². The van der Waals surface area contributed by atoms with Gasteiger partial charge in [0.2, 0.25) is 10.0 Å². The number of sulfonamides is 1. The van der Waals surface area contributed by atoms with E-state index in [0.717, 1.165) is 5.56 Å². The van der Waals surface area contributed by atoms with Crippen molar-refractivity contribution < 1.29 is 22.7 Å². The summed E-state index contributed by atoms with van der Waals surface area (Å²) in [7, 11) is -0.618. The highest BCUT2D eigenvalue weighted by Gasteiger charge is 2.15. The van der Waals surface area contributed by atoms with Crippen LogP contribution >= 0.6 is 15.9 Å². The number of carbonyl (C=O) groups is 1. The Kier molecular flexibility index (Phi) is 7.23. The number of rotatable bonds is 8. The summed E-state index contributed by atoms with van der Waals surface area (Å²) in [5, 5.41) is 2.80. The van der Waals surface area contributed by atoms with Crippen LogP contribution in [0.1, 0.15) is 22.8 Å². The molecule has 0 heterocycles. The van der Waals surface area contributed by atoms with E-state index in [1.54, 1.807) is 24.3 Å². The highest BCUT2D eigenvalue weighted by molar-refractivity contribution is 9.10. The molecule has 0 spiro atoms. The van der Waals surface area contributed by atoms with Crippen LogP contribution in [-0.4, -0.2) is 35.1 Å². The number of amides is 1. The normalized spacial score (nSPS) is 11.1. The molecule has 27 heavy (non-hydrogen) atoms. The van der Waals surface area contributed by atoms with E-state index in [9.17, 15) is 13.2 Å². The van der Waals surface area contributed by atoms with Crippen molar-refractivity contribution in [2.45, 2.75) is 18.4 Å². The van der Waals surface area contributed by atoms with E-state index in [-0.39, 0.29) is 17.3 Å². The Bertz CT molecular complexity index is 914. The number of carbonyl (C=O) groups excluding carboxylic acids is 1. The lowest BCUT2D eigenvalue weighted by Crippen LogP contribution is -2.23. The second kappa shape index (κ2) is 9.20. The summed E-state index contributed by atoms with van der Waals surface area (Å²) in [4.78, 5) is 12.6. The van der Waals surface area contributed by atoms with Crippen LogP contribution in [0.25, 0.3) is 0 Å². The van der Waals surface area contributed by atoms with Crippen molar-refractivity contribution >= 4 is 31.9 Å². The minimum Gasteiger partial charge on any atom is -0.493 e. The van der Waals surface area contributed by atoms with Crippen LogP contribution in [0.5, 0.6) is 11.5 Å². The summed E-state index contributed by atoms with van der Waals surface area (Å²) in [6.07, 6.45) is 0. The van der Waals surface area contributed by atoms with Gasteiger partial charge in [-0.05, 0) is 59.7 Å². The molecule has 0 atom stereocenters. The molecule has 1 amide bonds. The van der Waals surface area contributed by atoms with Gasteiger partial charge in [0.05, 0.1) is 23.1 Å². The molecule has 0 saturated carbocycles. The summed E-state index contributed by atoms with van der Waals surface area (Å²) in [5.74, 6) is 0.708. The second-order valence-corrected chi connectivity index (χ2v) is 8.20. The number of hydrogen-bond donors (Lipinski definition) is 2. The van der Waals surface area contributed by atoms with Crippen LogP contribution in [0.15, 0.2) is 45.8 Å². The van der Waals surface area contributed by atoms with Gasteiger partial charge in [-0.25, -0.2) is 13.1 Å². The van der Waals surface area contributed by atoms with E-state index < -0.39 is 10.0 Å². The first-order valence-corrected chi connectivity index (χ1v) is 10.4. The monoisotopic (exact) mass is 456 g/mol. The fourth-order valence-electron chi connectivity index (χ4n) is 2.32. The van der Waals surface area contributed by atoms with Gasteiger partial charge in [0, 0.05) is 12.1 Å². The summed E-state index contributed by atoms with van der Waals surface area (Å²) in [6, 6.07) is 9.55. The molecule has 2 aromatic carbocycles. The number of benzene rings is 2. The summed E-state index contributed by atoms with van der Waals surface area (Å²) in [5.41, 5.74) is 1.19. The van der Waals surface area contributed by atoms with E-state index in [0.29, 0.717) is 28.1 Å². The number of ether oxygens (including phenoxy) is 2. The van der Waals surface area contributed by atoms with E-state index in [2.05, 4.69) is 26.0 Å². The van der Waals surface area contributed by atoms with Crippen molar-refractivity contribution in [3.8, 4) is 11.5 Å². The van der Waals surface area contributed by atoms with Gasteiger partial charge in [0.1, 0.15) is 0 Å². The molecule has 0 saturated heterocycles.